The van der Waals surface area contributed by atoms with Crippen molar-refractivity contribution in [3.8, 4) is 11.3 Å². The average Bonchev–Trinajstić information content (AvgIpc) is 3.45. The fraction of sp³-hybridized carbons (Fsp3) is 0.308. The van der Waals surface area contributed by atoms with Crippen LogP contribution in [0.15, 0.2) is 67.1 Å². The Bertz CT molecular complexity index is 1170. The smallest absolute Gasteiger partial charge is 0.247 e. The van der Waals surface area contributed by atoms with Crippen LogP contribution in [0.2, 0.25) is 0 Å². The first-order valence-corrected chi connectivity index (χ1v) is 12.4. The minimum atomic E-state index is -0.472. The number of pyridine rings is 1. The zero-order chi connectivity index (χ0) is 24.1. The van der Waals surface area contributed by atoms with Gasteiger partial charge in [0.15, 0.2) is 0 Å². The lowest BCUT2D eigenvalue weighted by Crippen LogP contribution is -2.52. The van der Waals surface area contributed by atoms with Crippen molar-refractivity contribution in [3.05, 3.63) is 78.3 Å². The van der Waals surface area contributed by atoms with E-state index in [1.807, 2.05) is 62.0 Å². The molecule has 34 heavy (non-hydrogen) atoms. The van der Waals surface area contributed by atoms with Gasteiger partial charge in [0.05, 0.1) is 12.4 Å². The third-order valence-corrected chi connectivity index (χ3v) is 6.30. The molecule has 0 bridgehead atoms. The van der Waals surface area contributed by atoms with Crippen molar-refractivity contribution < 1.29 is 9.59 Å². The fourth-order valence-electron chi connectivity index (χ4n) is 3.72. The monoisotopic (exact) mass is 475 g/mol. The van der Waals surface area contributed by atoms with Gasteiger partial charge in [-0.15, -0.1) is 11.8 Å². The SMILES string of the molecule is CC(C)(C)NC(=O)C1CSCN1C(=O)/C=C/c1cn(Cc2ccccc2)nc1-c1cccnc1. The van der Waals surface area contributed by atoms with E-state index in [1.165, 1.54) is 6.08 Å². The van der Waals surface area contributed by atoms with E-state index in [1.54, 1.807) is 35.1 Å². The van der Waals surface area contributed by atoms with E-state index in [0.717, 1.165) is 22.4 Å². The predicted octanol–water partition coefficient (Wildman–Crippen LogP) is 3.82. The first kappa shape index (κ1) is 23.8. The van der Waals surface area contributed by atoms with Gasteiger partial charge < -0.3 is 10.2 Å². The fourth-order valence-corrected chi connectivity index (χ4v) is 4.89. The molecule has 0 radical (unpaired) electrons. The molecule has 0 spiro atoms. The minimum absolute atomic E-state index is 0.119. The standard InChI is InChI=1S/C26H29N5O2S/c1-26(2,3)28-25(33)22-17-34-18-31(22)23(32)12-11-21-16-30(15-19-8-5-4-6-9-19)29-24(21)20-10-7-13-27-14-20/h4-14,16,22H,15,17-18H2,1-3H3,(H,28,33)/b12-11+. The van der Waals surface area contributed by atoms with Crippen LogP contribution in [0.3, 0.4) is 0 Å². The van der Waals surface area contributed by atoms with E-state index in [2.05, 4.69) is 22.4 Å². The van der Waals surface area contributed by atoms with E-state index in [4.69, 9.17) is 5.10 Å². The van der Waals surface area contributed by atoms with Crippen molar-refractivity contribution in [2.24, 2.45) is 0 Å². The summed E-state index contributed by atoms with van der Waals surface area (Å²) in [5.41, 5.74) is 3.24. The molecule has 0 saturated carbocycles. The van der Waals surface area contributed by atoms with E-state index < -0.39 is 6.04 Å². The van der Waals surface area contributed by atoms with Gasteiger partial charge in [0.1, 0.15) is 11.7 Å². The first-order valence-electron chi connectivity index (χ1n) is 11.2. The number of rotatable bonds is 6. The maximum Gasteiger partial charge on any atom is 0.247 e. The Morgan fingerprint density at radius 1 is 1.18 bits per heavy atom. The summed E-state index contributed by atoms with van der Waals surface area (Å²) < 4.78 is 1.87. The lowest BCUT2D eigenvalue weighted by Gasteiger charge is -2.27. The number of benzene rings is 1. The predicted molar refractivity (Wildman–Crippen MR) is 136 cm³/mol. The van der Waals surface area contributed by atoms with Crippen LogP contribution in [-0.4, -0.2) is 54.7 Å². The van der Waals surface area contributed by atoms with E-state index >= 15 is 0 Å². The molecule has 1 aliphatic rings. The number of hydrogen-bond donors (Lipinski definition) is 1. The molecule has 3 heterocycles. The van der Waals surface area contributed by atoms with Crippen molar-refractivity contribution in [3.63, 3.8) is 0 Å². The summed E-state index contributed by atoms with van der Waals surface area (Å²) in [6, 6.07) is 13.4. The van der Waals surface area contributed by atoms with Crippen LogP contribution < -0.4 is 5.32 Å². The molecule has 1 atom stereocenters. The topological polar surface area (TPSA) is 80.1 Å². The molecular formula is C26H29N5O2S. The highest BCUT2D eigenvalue weighted by molar-refractivity contribution is 7.99. The van der Waals surface area contributed by atoms with Gasteiger partial charge in [-0.05, 0) is 44.5 Å². The van der Waals surface area contributed by atoms with Gasteiger partial charge in [0.25, 0.3) is 0 Å². The molecule has 4 rings (SSSR count). The molecule has 3 aromatic rings. The van der Waals surface area contributed by atoms with Crippen LogP contribution in [0.25, 0.3) is 17.3 Å². The van der Waals surface area contributed by atoms with E-state index in [9.17, 15) is 9.59 Å². The molecule has 176 valence electrons. The molecule has 7 nitrogen and oxygen atoms in total. The number of aromatic nitrogens is 3. The lowest BCUT2D eigenvalue weighted by atomic mass is 10.1. The maximum absolute atomic E-state index is 13.1. The third kappa shape index (κ3) is 5.94. The third-order valence-electron chi connectivity index (χ3n) is 5.28. The Morgan fingerprint density at radius 3 is 2.68 bits per heavy atom. The van der Waals surface area contributed by atoms with E-state index in [-0.39, 0.29) is 17.4 Å². The van der Waals surface area contributed by atoms with Crippen LogP contribution in [0.5, 0.6) is 0 Å². The lowest BCUT2D eigenvalue weighted by molar-refractivity contribution is -0.135. The number of carbonyl (C=O) groups excluding carboxylic acids is 2. The number of hydrogen-bond acceptors (Lipinski definition) is 5. The molecular weight excluding hydrogens is 446 g/mol. The maximum atomic E-state index is 13.1. The van der Waals surface area contributed by atoms with Gasteiger partial charge in [-0.1, -0.05) is 30.3 Å². The normalized spacial score (nSPS) is 16.2. The Balaban J connectivity index is 1.56. The number of thioether (sulfide) groups is 1. The second-order valence-electron chi connectivity index (χ2n) is 9.25. The molecule has 1 aromatic carbocycles. The van der Waals surface area contributed by atoms with Crippen LogP contribution >= 0.6 is 11.8 Å². The van der Waals surface area contributed by atoms with Crippen LogP contribution in [-0.2, 0) is 16.1 Å². The van der Waals surface area contributed by atoms with Crippen molar-refractivity contribution in [2.75, 3.05) is 11.6 Å². The molecule has 1 fully saturated rings. The van der Waals surface area contributed by atoms with Gasteiger partial charge in [0.2, 0.25) is 11.8 Å². The molecule has 1 saturated heterocycles. The Morgan fingerprint density at radius 2 is 1.97 bits per heavy atom. The summed E-state index contributed by atoms with van der Waals surface area (Å²) in [4.78, 5) is 31.6. The summed E-state index contributed by atoms with van der Waals surface area (Å²) in [7, 11) is 0. The molecule has 1 unspecified atom stereocenters. The summed E-state index contributed by atoms with van der Waals surface area (Å²) in [5, 5.41) is 7.75. The molecule has 1 N–H and O–H groups in total. The molecule has 2 amide bonds. The highest BCUT2D eigenvalue weighted by Crippen LogP contribution is 2.25. The summed E-state index contributed by atoms with van der Waals surface area (Å²) in [5.74, 6) is 0.781. The summed E-state index contributed by atoms with van der Waals surface area (Å²) >= 11 is 1.59. The average molecular weight is 476 g/mol. The second kappa shape index (κ2) is 10.3. The van der Waals surface area contributed by atoms with Gasteiger partial charge in [0, 0.05) is 47.1 Å². The Kier molecular flexibility index (Phi) is 7.17. The summed E-state index contributed by atoms with van der Waals surface area (Å²) in [6.07, 6.45) is 8.73. The van der Waals surface area contributed by atoms with Crippen LogP contribution in [0.1, 0.15) is 31.9 Å². The van der Waals surface area contributed by atoms with Crippen molar-refractivity contribution in [1.82, 2.24) is 25.0 Å². The van der Waals surface area contributed by atoms with Gasteiger partial charge in [-0.2, -0.15) is 5.10 Å². The summed E-state index contributed by atoms with van der Waals surface area (Å²) in [6.45, 7) is 6.43. The number of carbonyl (C=O) groups is 2. The van der Waals surface area contributed by atoms with E-state index in [0.29, 0.717) is 18.2 Å². The minimum Gasteiger partial charge on any atom is -0.350 e. The number of amides is 2. The Labute approximate surface area is 204 Å². The zero-order valence-electron chi connectivity index (χ0n) is 19.6. The van der Waals surface area contributed by atoms with Gasteiger partial charge in [-0.25, -0.2) is 0 Å². The Hall–Kier alpha value is -3.39. The van der Waals surface area contributed by atoms with Crippen molar-refractivity contribution >= 4 is 29.7 Å². The van der Waals surface area contributed by atoms with Crippen LogP contribution in [0.4, 0.5) is 0 Å². The molecule has 0 aliphatic carbocycles. The first-order chi connectivity index (χ1) is 16.3. The number of nitrogens with zero attached hydrogens (tertiary/aromatic N) is 4. The number of nitrogens with one attached hydrogen (secondary N) is 1. The van der Waals surface area contributed by atoms with Crippen molar-refractivity contribution in [1.29, 1.82) is 0 Å². The zero-order valence-corrected chi connectivity index (χ0v) is 20.5. The van der Waals surface area contributed by atoms with Gasteiger partial charge in [-0.3, -0.25) is 19.3 Å². The van der Waals surface area contributed by atoms with Crippen molar-refractivity contribution in [2.45, 2.75) is 38.9 Å². The molecule has 2 aromatic heterocycles. The molecule has 8 heteroatoms. The van der Waals surface area contributed by atoms with Crippen LogP contribution in [0, 0.1) is 0 Å². The largest absolute Gasteiger partial charge is 0.350 e. The molecule has 1 aliphatic heterocycles. The second-order valence-corrected chi connectivity index (χ2v) is 10.3. The quantitative estimate of drug-likeness (QED) is 0.548. The highest BCUT2D eigenvalue weighted by atomic mass is 32.2. The highest BCUT2D eigenvalue weighted by Gasteiger charge is 2.35. The van der Waals surface area contributed by atoms with Gasteiger partial charge >= 0.3 is 0 Å².